The molecule has 0 aliphatic heterocycles. The summed E-state index contributed by atoms with van der Waals surface area (Å²) >= 11 is 1.51. The summed E-state index contributed by atoms with van der Waals surface area (Å²) < 4.78 is 6.80. The van der Waals surface area contributed by atoms with Crippen LogP contribution in [0.25, 0.3) is 21.0 Å². The van der Waals surface area contributed by atoms with E-state index >= 15 is 0 Å². The SMILES string of the molecule is CCc1ccccc1NC(=O)CN(C)C(=O)c1ccc(-c2nc3ccccc3s2)o1. The quantitative estimate of drug-likeness (QED) is 0.486. The van der Waals surface area contributed by atoms with E-state index in [0.29, 0.717) is 10.8 Å². The third kappa shape index (κ3) is 4.11. The van der Waals surface area contributed by atoms with Gasteiger partial charge in [-0.05, 0) is 42.3 Å². The lowest BCUT2D eigenvalue weighted by Gasteiger charge is -2.16. The van der Waals surface area contributed by atoms with Crippen LogP contribution in [-0.4, -0.2) is 35.3 Å². The van der Waals surface area contributed by atoms with Crippen LogP contribution in [0.1, 0.15) is 23.0 Å². The molecule has 0 unspecified atom stereocenters. The van der Waals surface area contributed by atoms with Gasteiger partial charge in [0.1, 0.15) is 0 Å². The predicted octanol–water partition coefficient (Wildman–Crippen LogP) is 4.83. The van der Waals surface area contributed by atoms with E-state index < -0.39 is 0 Å². The molecule has 0 fully saturated rings. The Hall–Kier alpha value is -3.45. The number of nitrogens with zero attached hydrogens (tertiary/aromatic N) is 2. The highest BCUT2D eigenvalue weighted by atomic mass is 32.1. The van der Waals surface area contributed by atoms with Crippen molar-refractivity contribution in [2.75, 3.05) is 18.9 Å². The van der Waals surface area contributed by atoms with Gasteiger partial charge in [-0.1, -0.05) is 37.3 Å². The third-order valence-electron chi connectivity index (χ3n) is 4.72. The Balaban J connectivity index is 1.43. The first-order valence-corrected chi connectivity index (χ1v) is 10.5. The number of likely N-dealkylation sites (N-methyl/N-ethyl adjacent to an activating group) is 1. The molecule has 0 saturated heterocycles. The van der Waals surface area contributed by atoms with Gasteiger partial charge in [-0.3, -0.25) is 9.59 Å². The Morgan fingerprint density at radius 2 is 1.83 bits per heavy atom. The summed E-state index contributed by atoms with van der Waals surface area (Å²) in [5, 5.41) is 3.59. The van der Waals surface area contributed by atoms with Crippen LogP contribution in [-0.2, 0) is 11.2 Å². The van der Waals surface area contributed by atoms with Gasteiger partial charge in [0.15, 0.2) is 16.5 Å². The number of para-hydroxylation sites is 2. The standard InChI is InChI=1S/C23H21N3O3S/c1-3-15-8-4-5-9-16(15)24-21(27)14-26(2)23(28)19-13-12-18(29-19)22-25-17-10-6-7-11-20(17)30-22/h4-13H,3,14H2,1-2H3,(H,24,27). The van der Waals surface area contributed by atoms with Crippen molar-refractivity contribution in [2.45, 2.75) is 13.3 Å². The van der Waals surface area contributed by atoms with Crippen LogP contribution in [0, 0.1) is 0 Å². The largest absolute Gasteiger partial charge is 0.448 e. The highest BCUT2D eigenvalue weighted by Gasteiger charge is 2.20. The number of fused-ring (bicyclic) bond motifs is 1. The molecule has 2 aromatic heterocycles. The highest BCUT2D eigenvalue weighted by Crippen LogP contribution is 2.31. The number of carbonyl (C=O) groups excluding carboxylic acids is 2. The number of nitrogens with one attached hydrogen (secondary N) is 1. The topological polar surface area (TPSA) is 75.4 Å². The molecule has 0 aliphatic rings. The molecule has 0 aliphatic carbocycles. The zero-order valence-corrected chi connectivity index (χ0v) is 17.5. The Morgan fingerprint density at radius 1 is 1.07 bits per heavy atom. The minimum atomic E-state index is -0.360. The molecule has 0 atom stereocenters. The van der Waals surface area contributed by atoms with Crippen molar-refractivity contribution in [3.8, 4) is 10.8 Å². The van der Waals surface area contributed by atoms with Crippen molar-refractivity contribution in [2.24, 2.45) is 0 Å². The van der Waals surface area contributed by atoms with Crippen LogP contribution in [0.4, 0.5) is 5.69 Å². The van der Waals surface area contributed by atoms with E-state index in [9.17, 15) is 9.59 Å². The molecule has 6 nitrogen and oxygen atoms in total. The minimum absolute atomic E-state index is 0.0753. The van der Waals surface area contributed by atoms with Crippen molar-refractivity contribution in [3.63, 3.8) is 0 Å². The lowest BCUT2D eigenvalue weighted by atomic mass is 10.1. The van der Waals surface area contributed by atoms with Gasteiger partial charge in [0.2, 0.25) is 5.91 Å². The molecule has 0 radical (unpaired) electrons. The van der Waals surface area contributed by atoms with E-state index in [0.717, 1.165) is 27.9 Å². The number of thiazole rings is 1. The number of hydrogen-bond acceptors (Lipinski definition) is 5. The van der Waals surface area contributed by atoms with E-state index in [1.165, 1.54) is 16.2 Å². The third-order valence-corrected chi connectivity index (χ3v) is 5.77. The van der Waals surface area contributed by atoms with E-state index in [4.69, 9.17) is 4.42 Å². The maximum Gasteiger partial charge on any atom is 0.289 e. The van der Waals surface area contributed by atoms with Crippen LogP contribution in [0.2, 0.25) is 0 Å². The van der Waals surface area contributed by atoms with Gasteiger partial charge in [0, 0.05) is 12.7 Å². The summed E-state index contributed by atoms with van der Waals surface area (Å²) in [5.74, 6) is 0.0915. The van der Waals surface area contributed by atoms with Crippen molar-refractivity contribution in [3.05, 3.63) is 72.0 Å². The van der Waals surface area contributed by atoms with E-state index in [2.05, 4.69) is 10.3 Å². The van der Waals surface area contributed by atoms with Crippen LogP contribution in [0.3, 0.4) is 0 Å². The van der Waals surface area contributed by atoms with Gasteiger partial charge in [-0.25, -0.2) is 4.98 Å². The molecule has 0 spiro atoms. The average molecular weight is 420 g/mol. The van der Waals surface area contributed by atoms with Crippen molar-refractivity contribution in [1.82, 2.24) is 9.88 Å². The van der Waals surface area contributed by atoms with Crippen molar-refractivity contribution in [1.29, 1.82) is 0 Å². The Kier molecular flexibility index (Phi) is 5.63. The normalized spacial score (nSPS) is 10.9. The number of furan rings is 1. The molecule has 30 heavy (non-hydrogen) atoms. The maximum atomic E-state index is 12.7. The van der Waals surface area contributed by atoms with Crippen molar-refractivity contribution >= 4 is 39.1 Å². The smallest absolute Gasteiger partial charge is 0.289 e. The summed E-state index contributed by atoms with van der Waals surface area (Å²) in [4.78, 5) is 31.0. The number of benzene rings is 2. The number of aromatic nitrogens is 1. The fourth-order valence-electron chi connectivity index (χ4n) is 3.16. The summed E-state index contributed by atoms with van der Waals surface area (Å²) in [7, 11) is 1.58. The van der Waals surface area contributed by atoms with Crippen LogP contribution in [0.5, 0.6) is 0 Å². The molecule has 4 rings (SSSR count). The number of hydrogen-bond donors (Lipinski definition) is 1. The second-order valence-electron chi connectivity index (χ2n) is 6.87. The molecule has 2 heterocycles. The molecule has 0 bridgehead atoms. The van der Waals surface area contributed by atoms with Crippen LogP contribution < -0.4 is 5.32 Å². The molecular weight excluding hydrogens is 398 g/mol. The predicted molar refractivity (Wildman–Crippen MR) is 119 cm³/mol. The van der Waals surface area contributed by atoms with Crippen LogP contribution >= 0.6 is 11.3 Å². The number of rotatable bonds is 6. The minimum Gasteiger partial charge on any atom is -0.448 e. The molecule has 4 aromatic rings. The first-order valence-electron chi connectivity index (χ1n) is 9.64. The molecule has 2 aromatic carbocycles. The molecule has 7 heteroatoms. The van der Waals surface area contributed by atoms with E-state index in [-0.39, 0.29) is 24.1 Å². The first kappa shape index (κ1) is 19.8. The van der Waals surface area contributed by atoms with Gasteiger partial charge in [0.05, 0.1) is 16.8 Å². The summed E-state index contributed by atoms with van der Waals surface area (Å²) in [5.41, 5.74) is 2.70. The van der Waals surface area contributed by atoms with Crippen molar-refractivity contribution < 1.29 is 14.0 Å². The summed E-state index contributed by atoms with van der Waals surface area (Å²) in [6.45, 7) is 1.95. The van der Waals surface area contributed by atoms with E-state index in [1.54, 1.807) is 19.2 Å². The summed E-state index contributed by atoms with van der Waals surface area (Å²) in [6.07, 6.45) is 0.812. The first-order chi connectivity index (χ1) is 14.5. The van der Waals surface area contributed by atoms with Gasteiger partial charge < -0.3 is 14.6 Å². The Labute approximate surface area is 178 Å². The van der Waals surface area contributed by atoms with E-state index in [1.807, 2.05) is 55.5 Å². The van der Waals surface area contributed by atoms with Crippen LogP contribution in [0.15, 0.2) is 65.1 Å². The highest BCUT2D eigenvalue weighted by molar-refractivity contribution is 7.21. The second-order valence-corrected chi connectivity index (χ2v) is 7.90. The lowest BCUT2D eigenvalue weighted by Crippen LogP contribution is -2.34. The Morgan fingerprint density at radius 3 is 2.63 bits per heavy atom. The lowest BCUT2D eigenvalue weighted by molar-refractivity contribution is -0.116. The molecule has 2 amide bonds. The second kappa shape index (κ2) is 8.51. The van der Waals surface area contributed by atoms with Gasteiger partial charge in [-0.2, -0.15) is 0 Å². The zero-order valence-electron chi connectivity index (χ0n) is 16.7. The number of carbonyl (C=O) groups is 2. The molecule has 152 valence electrons. The maximum absolute atomic E-state index is 12.7. The Bertz CT molecular complexity index is 1180. The van der Waals surface area contributed by atoms with Gasteiger partial charge >= 0.3 is 0 Å². The number of aryl methyl sites for hydroxylation is 1. The monoisotopic (exact) mass is 419 g/mol. The van der Waals surface area contributed by atoms with Gasteiger partial charge in [0.25, 0.3) is 5.91 Å². The number of anilines is 1. The fraction of sp³-hybridized carbons (Fsp3) is 0.174. The molecule has 0 saturated carbocycles. The summed E-state index contributed by atoms with van der Waals surface area (Å²) in [6, 6.07) is 18.8. The number of amides is 2. The van der Waals surface area contributed by atoms with Gasteiger partial charge in [-0.15, -0.1) is 11.3 Å². The molecular formula is C23H21N3O3S. The average Bonchev–Trinajstić information content (AvgIpc) is 3.40. The zero-order chi connectivity index (χ0) is 21.1. The fourth-order valence-corrected chi connectivity index (χ4v) is 4.09. The molecule has 1 N–H and O–H groups in total.